The molecular formula is C138H84N6O4S2. The van der Waals surface area contributed by atoms with Gasteiger partial charge in [0.15, 0.2) is 17.5 Å². The zero-order chi connectivity index (χ0) is 99.1. The van der Waals surface area contributed by atoms with E-state index in [1.54, 1.807) is 0 Å². The van der Waals surface area contributed by atoms with Crippen molar-refractivity contribution in [1.29, 1.82) is 0 Å². The first kappa shape index (κ1) is 88.2. The third kappa shape index (κ3) is 16.3. The highest BCUT2D eigenvalue weighted by atomic mass is 32.1. The van der Waals surface area contributed by atoms with Crippen LogP contribution >= 0.6 is 22.7 Å². The number of nitrogens with zero attached hydrogens (tertiary/aromatic N) is 6. The van der Waals surface area contributed by atoms with E-state index < -0.39 is 0 Å². The summed E-state index contributed by atoms with van der Waals surface area (Å²) in [6.07, 6.45) is 0. The van der Waals surface area contributed by atoms with Crippen LogP contribution < -0.4 is 0 Å². The molecule has 0 N–H and O–H groups in total. The smallest absolute Gasteiger partial charge is 0.231 e. The molecule has 21 aromatic carbocycles. The molecule has 0 radical (unpaired) electrons. The van der Waals surface area contributed by atoms with Crippen LogP contribution in [0.4, 0.5) is 0 Å². The van der Waals surface area contributed by atoms with Crippen molar-refractivity contribution in [2.75, 3.05) is 0 Å². The van der Waals surface area contributed by atoms with E-state index in [-0.39, 0.29) is 0 Å². The Morgan fingerprint density at radius 2 is 0.393 bits per heavy atom. The Bertz CT molecular complexity index is 10100. The predicted molar refractivity (Wildman–Crippen MR) is 623 cm³/mol. The third-order valence-electron chi connectivity index (χ3n) is 28.6. The van der Waals surface area contributed by atoms with E-state index in [1.807, 2.05) is 132 Å². The standard InChI is InChI=1S/C46H28N2O2.2C46H28N2OS/c1-2-11-31(12-3-1)43-42-39-18-5-7-22-41(39)50-46(42)48-45(47-43)35-16-9-15-34(28-35)33-14-8-13-32(27-33)29-23-25-30(26-24-29)36-19-10-20-38-37-17-4-6-21-40(37)49-44(36)38;1-2-12-29(13-3-1)30-14-9-18-34(27-30)43-42-39-21-4-6-24-40(39)49-46(42)48-45(47-43)35-19-10-16-32(28-35)31-15-8-17-33(26-31)36-22-11-23-38-37-20-5-7-25-41(37)50-44(36)38;1-2-11-31(12-3-1)43-42-39-18-4-6-21-40(39)49-46(42)48-45(47-43)35-16-9-15-34(28-35)33-14-8-13-32(27-33)29-23-25-30(26-24-29)36-19-10-20-38-37-17-5-7-22-41(37)50-44(36)38/h3*1-28H. The second kappa shape index (κ2) is 37.6. The molecule has 150 heavy (non-hydrogen) atoms. The summed E-state index contributed by atoms with van der Waals surface area (Å²) >= 11 is 3.73. The molecule has 702 valence electrons. The van der Waals surface area contributed by atoms with E-state index in [1.165, 1.54) is 73.7 Å². The Kier molecular flexibility index (Phi) is 22.1. The molecule has 12 heteroatoms. The van der Waals surface area contributed by atoms with Crippen LogP contribution in [0, 0.1) is 0 Å². The lowest BCUT2D eigenvalue weighted by molar-refractivity contribution is 0.653. The fraction of sp³-hybridized carbons (Fsp3) is 0. The van der Waals surface area contributed by atoms with Gasteiger partial charge in [-0.15, -0.1) is 22.7 Å². The molecule has 30 aromatic rings. The maximum Gasteiger partial charge on any atom is 0.231 e. The number of thiophene rings is 2. The quantitative estimate of drug-likeness (QED) is 0.0978. The average Bonchev–Trinajstić information content (AvgIpc) is 1.59. The van der Waals surface area contributed by atoms with Crippen molar-refractivity contribution in [3.63, 3.8) is 0 Å². The molecule has 9 aromatic heterocycles. The van der Waals surface area contributed by atoms with Gasteiger partial charge in [-0.25, -0.2) is 15.0 Å². The van der Waals surface area contributed by atoms with Gasteiger partial charge in [-0.2, -0.15) is 15.0 Å². The molecule has 30 rings (SSSR count). The van der Waals surface area contributed by atoms with E-state index in [4.69, 9.17) is 47.6 Å². The molecule has 0 aliphatic rings. The lowest BCUT2D eigenvalue weighted by Crippen LogP contribution is -1.94. The molecule has 0 saturated carbocycles. The predicted octanol–water partition coefficient (Wildman–Crippen LogP) is 38.8. The number of rotatable bonds is 15. The van der Waals surface area contributed by atoms with Crippen LogP contribution in [0.15, 0.2) is 527 Å². The van der Waals surface area contributed by atoms with Crippen LogP contribution in [0.2, 0.25) is 0 Å². The largest absolute Gasteiger partial charge is 0.455 e. The molecule has 0 unspecified atom stereocenters. The number of para-hydroxylation sites is 5. The molecule has 0 fully saturated rings. The van der Waals surface area contributed by atoms with E-state index in [2.05, 4.69) is 400 Å². The van der Waals surface area contributed by atoms with E-state index in [0.717, 1.165) is 188 Å². The van der Waals surface area contributed by atoms with Gasteiger partial charge in [0.2, 0.25) is 17.1 Å². The first-order valence-corrected chi connectivity index (χ1v) is 51.8. The van der Waals surface area contributed by atoms with Crippen molar-refractivity contribution >= 4 is 151 Å². The van der Waals surface area contributed by atoms with Crippen molar-refractivity contribution in [1.82, 2.24) is 29.9 Å². The summed E-state index contributed by atoms with van der Waals surface area (Å²) in [5, 5.41) is 13.4. The molecule has 0 aliphatic heterocycles. The summed E-state index contributed by atoms with van der Waals surface area (Å²) in [7, 11) is 0. The highest BCUT2D eigenvalue weighted by Crippen LogP contribution is 2.48. The number of hydrogen-bond donors (Lipinski definition) is 0. The minimum absolute atomic E-state index is 0.583. The van der Waals surface area contributed by atoms with Gasteiger partial charge in [-0.3, -0.25) is 0 Å². The number of fused-ring (bicyclic) bond motifs is 18. The monoisotopic (exact) mass is 1950 g/mol. The molecule has 10 nitrogen and oxygen atoms in total. The van der Waals surface area contributed by atoms with Crippen LogP contribution in [0.1, 0.15) is 0 Å². The van der Waals surface area contributed by atoms with Crippen molar-refractivity contribution in [3.05, 3.63) is 510 Å². The third-order valence-corrected chi connectivity index (χ3v) is 31.0. The van der Waals surface area contributed by atoms with Crippen molar-refractivity contribution < 1.29 is 17.7 Å². The van der Waals surface area contributed by atoms with Gasteiger partial charge in [0, 0.05) is 106 Å². The Labute approximate surface area is 869 Å². The van der Waals surface area contributed by atoms with Gasteiger partial charge in [-0.1, -0.05) is 431 Å². The maximum atomic E-state index is 6.38. The maximum absolute atomic E-state index is 6.38. The lowest BCUT2D eigenvalue weighted by atomic mass is 9.96. The van der Waals surface area contributed by atoms with E-state index >= 15 is 0 Å². The normalized spacial score (nSPS) is 11.6. The first-order chi connectivity index (χ1) is 74.3. The van der Waals surface area contributed by atoms with Crippen LogP contribution in [0.5, 0.6) is 0 Å². The average molecular weight is 1950 g/mol. The van der Waals surface area contributed by atoms with Gasteiger partial charge in [0.25, 0.3) is 0 Å². The molecule has 0 saturated heterocycles. The van der Waals surface area contributed by atoms with Crippen molar-refractivity contribution in [2.24, 2.45) is 0 Å². The Hall–Kier alpha value is -19.5. The highest BCUT2D eigenvalue weighted by Gasteiger charge is 2.26. The Balaban J connectivity index is 0.000000108. The second-order valence-corrected chi connectivity index (χ2v) is 39.8. The fourth-order valence-corrected chi connectivity index (χ4v) is 23.8. The first-order valence-electron chi connectivity index (χ1n) is 50.2. The molecule has 0 atom stereocenters. The van der Waals surface area contributed by atoms with Gasteiger partial charge < -0.3 is 17.7 Å². The van der Waals surface area contributed by atoms with Gasteiger partial charge in [0.05, 0.1) is 33.2 Å². The number of aromatic nitrogens is 6. The zero-order valence-electron chi connectivity index (χ0n) is 80.6. The van der Waals surface area contributed by atoms with Gasteiger partial charge >= 0.3 is 0 Å². The molecule has 0 bridgehead atoms. The number of hydrogen-bond acceptors (Lipinski definition) is 12. The van der Waals surface area contributed by atoms with Crippen molar-refractivity contribution in [2.45, 2.75) is 0 Å². The zero-order valence-corrected chi connectivity index (χ0v) is 82.3. The van der Waals surface area contributed by atoms with Crippen LogP contribution in [-0.2, 0) is 0 Å². The molecule has 0 aliphatic carbocycles. The van der Waals surface area contributed by atoms with Crippen LogP contribution in [0.25, 0.3) is 297 Å². The van der Waals surface area contributed by atoms with Crippen LogP contribution in [-0.4, -0.2) is 29.9 Å². The lowest BCUT2D eigenvalue weighted by Gasteiger charge is -2.11. The Morgan fingerprint density at radius 1 is 0.147 bits per heavy atom. The molecule has 9 heterocycles. The number of furan rings is 4. The second-order valence-electron chi connectivity index (χ2n) is 37.7. The minimum Gasteiger partial charge on any atom is -0.455 e. The van der Waals surface area contributed by atoms with Crippen molar-refractivity contribution in [3.8, 4) is 168 Å². The molecule has 0 amide bonds. The Morgan fingerprint density at radius 3 is 0.800 bits per heavy atom. The minimum atomic E-state index is 0.583. The summed E-state index contributed by atoms with van der Waals surface area (Å²) in [6, 6.07) is 178. The molecular weight excluding hydrogens is 1870 g/mol. The SMILES string of the molecule is c1ccc(-c2cccc(-c3nc(-c4cccc(-c5cccc(-c6cccc7c6sc6ccccc67)c5)c4)nc4oc5ccccc5c34)c2)cc1.c1ccc(-c2nc(-c3cccc(-c4cccc(-c5ccc(-c6cccc7c6oc6ccccc67)cc5)c4)c3)nc3oc4ccccc4c23)cc1.c1ccc(-c2nc(-c3cccc(-c4cccc(-c5ccc(-c6cccc7c6sc6ccccc67)cc5)c4)c3)nc3oc4ccccc4c23)cc1. The summed E-state index contributed by atoms with van der Waals surface area (Å²) in [6.45, 7) is 0. The fourth-order valence-electron chi connectivity index (χ4n) is 21.3. The van der Waals surface area contributed by atoms with E-state index in [0.29, 0.717) is 34.6 Å². The summed E-state index contributed by atoms with van der Waals surface area (Å²) < 4.78 is 30.5. The highest BCUT2D eigenvalue weighted by molar-refractivity contribution is 7.26. The topological polar surface area (TPSA) is 130 Å². The van der Waals surface area contributed by atoms with Gasteiger partial charge in [0.1, 0.15) is 27.9 Å². The summed E-state index contributed by atoms with van der Waals surface area (Å²) in [5.74, 6) is 1.89. The summed E-state index contributed by atoms with van der Waals surface area (Å²) in [5.41, 5.74) is 35.3. The summed E-state index contributed by atoms with van der Waals surface area (Å²) in [4.78, 5) is 30.5. The number of benzene rings is 21. The van der Waals surface area contributed by atoms with Gasteiger partial charge in [-0.05, 0) is 173 Å². The van der Waals surface area contributed by atoms with E-state index in [9.17, 15) is 0 Å². The van der Waals surface area contributed by atoms with Crippen LogP contribution in [0.3, 0.4) is 0 Å². The molecule has 0 spiro atoms.